The molecule has 27 heavy (non-hydrogen) atoms. The summed E-state index contributed by atoms with van der Waals surface area (Å²) < 4.78 is 11.4. The van der Waals surface area contributed by atoms with Crippen molar-refractivity contribution in [3.8, 4) is 17.0 Å². The summed E-state index contributed by atoms with van der Waals surface area (Å²) in [5.74, 6) is 0.651. The molecular weight excluding hydrogens is 366 g/mol. The molecule has 1 N–H and O–H groups in total. The second kappa shape index (κ2) is 6.88. The molecule has 136 valence electrons. The number of amides is 2. The Bertz CT molecular complexity index is 1100. The predicted octanol–water partition coefficient (Wildman–Crippen LogP) is 3.92. The molecule has 0 unspecified atom stereocenters. The van der Waals surface area contributed by atoms with Crippen LogP contribution in [0.5, 0.6) is 5.88 Å². The van der Waals surface area contributed by atoms with E-state index in [-0.39, 0.29) is 5.24 Å². The highest BCUT2D eigenvalue weighted by Crippen LogP contribution is 2.33. The molecule has 1 aliphatic heterocycles. The van der Waals surface area contributed by atoms with Gasteiger partial charge in [-0.2, -0.15) is 0 Å². The van der Waals surface area contributed by atoms with E-state index < -0.39 is 5.91 Å². The third kappa shape index (κ3) is 3.31. The van der Waals surface area contributed by atoms with Gasteiger partial charge >= 0.3 is 0 Å². The Balaban J connectivity index is 1.76. The van der Waals surface area contributed by atoms with Crippen molar-refractivity contribution in [1.29, 1.82) is 0 Å². The number of pyridine rings is 2. The Morgan fingerprint density at radius 3 is 2.81 bits per heavy atom. The monoisotopic (exact) mass is 381 g/mol. The van der Waals surface area contributed by atoms with E-state index in [1.165, 1.54) is 0 Å². The van der Waals surface area contributed by atoms with Gasteiger partial charge in [0.1, 0.15) is 11.3 Å². The van der Waals surface area contributed by atoms with E-state index >= 15 is 0 Å². The quantitative estimate of drug-likeness (QED) is 0.685. The number of hydrogen-bond donors (Lipinski definition) is 1. The van der Waals surface area contributed by atoms with E-state index in [1.54, 1.807) is 30.7 Å². The van der Waals surface area contributed by atoms with E-state index in [9.17, 15) is 9.59 Å². The van der Waals surface area contributed by atoms with Gasteiger partial charge in [-0.3, -0.25) is 19.9 Å². The molecule has 3 aromatic heterocycles. The second-order valence-corrected chi connectivity index (χ2v) is 6.90. The molecule has 1 saturated heterocycles. The average Bonchev–Trinajstić information content (AvgIpc) is 3.19. The van der Waals surface area contributed by atoms with Gasteiger partial charge in [0.05, 0.1) is 11.5 Å². The summed E-state index contributed by atoms with van der Waals surface area (Å²) in [5, 5.41) is 2.63. The van der Waals surface area contributed by atoms with Crippen LogP contribution >= 0.6 is 11.8 Å². The molecule has 7 nitrogen and oxygen atoms in total. The molecule has 1 fully saturated rings. The largest absolute Gasteiger partial charge is 0.478 e. The molecule has 0 radical (unpaired) electrons. The molecule has 3 aromatic rings. The summed E-state index contributed by atoms with van der Waals surface area (Å²) in [6.07, 6.45) is 6.66. The summed E-state index contributed by atoms with van der Waals surface area (Å²) in [6.45, 7) is 4.39. The van der Waals surface area contributed by atoms with Crippen molar-refractivity contribution in [3.63, 3.8) is 0 Å². The number of fused-ring (bicyclic) bond motifs is 1. The van der Waals surface area contributed by atoms with Crippen LogP contribution in [0.3, 0.4) is 0 Å². The number of ether oxygens (including phenoxy) is 1. The van der Waals surface area contributed by atoms with Crippen molar-refractivity contribution >= 4 is 40.0 Å². The molecule has 0 aromatic carbocycles. The molecule has 4 rings (SSSR count). The van der Waals surface area contributed by atoms with E-state index in [0.29, 0.717) is 28.7 Å². The van der Waals surface area contributed by atoms with Gasteiger partial charge < -0.3 is 9.15 Å². The SMILES string of the molecule is CCOc1ncc(-c2cncc3cc(/C=C4/SC(=O)NC4=O)oc23)cc1C. The number of nitrogens with zero attached hydrogens (tertiary/aromatic N) is 2. The van der Waals surface area contributed by atoms with Crippen LogP contribution in [0.4, 0.5) is 4.79 Å². The molecule has 0 bridgehead atoms. The van der Waals surface area contributed by atoms with Crippen molar-refractivity contribution in [2.75, 3.05) is 6.61 Å². The summed E-state index contributed by atoms with van der Waals surface area (Å²) in [5.41, 5.74) is 3.19. The van der Waals surface area contributed by atoms with Gasteiger partial charge in [0.2, 0.25) is 5.88 Å². The highest BCUT2D eigenvalue weighted by Gasteiger charge is 2.25. The summed E-state index contributed by atoms with van der Waals surface area (Å²) in [6, 6.07) is 3.75. The fourth-order valence-electron chi connectivity index (χ4n) is 2.81. The van der Waals surface area contributed by atoms with Crippen LogP contribution in [0.15, 0.2) is 40.0 Å². The Morgan fingerprint density at radius 1 is 1.26 bits per heavy atom. The molecule has 1 aliphatic rings. The number of imide groups is 1. The van der Waals surface area contributed by atoms with Crippen molar-refractivity contribution < 1.29 is 18.7 Å². The summed E-state index contributed by atoms with van der Waals surface area (Å²) >= 11 is 0.849. The first kappa shape index (κ1) is 17.3. The van der Waals surface area contributed by atoms with Crippen LogP contribution < -0.4 is 10.1 Å². The maximum absolute atomic E-state index is 11.7. The van der Waals surface area contributed by atoms with E-state index in [1.807, 2.05) is 19.9 Å². The molecule has 4 heterocycles. The Kier molecular flexibility index (Phi) is 4.41. The number of thioether (sulfide) groups is 1. The number of carbonyl (C=O) groups excluding carboxylic acids is 2. The zero-order valence-corrected chi connectivity index (χ0v) is 15.4. The van der Waals surface area contributed by atoms with Crippen LogP contribution in [-0.2, 0) is 4.79 Å². The highest BCUT2D eigenvalue weighted by molar-refractivity contribution is 8.18. The third-order valence-electron chi connectivity index (χ3n) is 3.98. The van der Waals surface area contributed by atoms with Gasteiger partial charge in [0.25, 0.3) is 11.1 Å². The highest BCUT2D eigenvalue weighted by atomic mass is 32.2. The van der Waals surface area contributed by atoms with Gasteiger partial charge in [-0.15, -0.1) is 0 Å². The number of furan rings is 1. The van der Waals surface area contributed by atoms with Gasteiger partial charge in [-0.1, -0.05) is 0 Å². The number of hydrogen-bond acceptors (Lipinski definition) is 7. The summed E-state index contributed by atoms with van der Waals surface area (Å²) in [4.78, 5) is 32.0. The molecule has 8 heteroatoms. The van der Waals surface area contributed by atoms with Crippen molar-refractivity contribution in [1.82, 2.24) is 15.3 Å². The lowest BCUT2D eigenvalue weighted by molar-refractivity contribution is -0.115. The maximum Gasteiger partial charge on any atom is 0.290 e. The smallest absolute Gasteiger partial charge is 0.290 e. The molecular formula is C19H15N3O4S. The van der Waals surface area contributed by atoms with E-state index in [4.69, 9.17) is 9.15 Å². The fraction of sp³-hybridized carbons (Fsp3) is 0.158. The molecule has 0 spiro atoms. The van der Waals surface area contributed by atoms with Crippen molar-refractivity contribution in [3.05, 3.63) is 47.0 Å². The van der Waals surface area contributed by atoms with Crippen LogP contribution in [0.25, 0.3) is 28.2 Å². The first-order valence-corrected chi connectivity index (χ1v) is 9.09. The number of aromatic nitrogens is 2. The van der Waals surface area contributed by atoms with Crippen LogP contribution in [0, 0.1) is 6.92 Å². The third-order valence-corrected chi connectivity index (χ3v) is 4.79. The zero-order valence-electron chi connectivity index (χ0n) is 14.6. The summed E-state index contributed by atoms with van der Waals surface area (Å²) in [7, 11) is 0. The average molecular weight is 381 g/mol. The molecule has 0 aliphatic carbocycles. The van der Waals surface area contributed by atoms with Crippen LogP contribution in [0.2, 0.25) is 0 Å². The minimum Gasteiger partial charge on any atom is -0.478 e. The van der Waals surface area contributed by atoms with Gasteiger partial charge in [0, 0.05) is 46.7 Å². The molecule has 0 atom stereocenters. The predicted molar refractivity (Wildman–Crippen MR) is 102 cm³/mol. The first-order valence-electron chi connectivity index (χ1n) is 8.27. The van der Waals surface area contributed by atoms with Crippen molar-refractivity contribution in [2.24, 2.45) is 0 Å². The van der Waals surface area contributed by atoms with Gasteiger partial charge in [-0.05, 0) is 37.7 Å². The second-order valence-electron chi connectivity index (χ2n) is 5.89. The minimum absolute atomic E-state index is 0.298. The molecule has 0 saturated carbocycles. The fourth-order valence-corrected chi connectivity index (χ4v) is 3.47. The van der Waals surface area contributed by atoms with Gasteiger partial charge in [-0.25, -0.2) is 4.98 Å². The maximum atomic E-state index is 11.7. The minimum atomic E-state index is -0.421. The van der Waals surface area contributed by atoms with E-state index in [2.05, 4.69) is 15.3 Å². The van der Waals surface area contributed by atoms with Crippen molar-refractivity contribution in [2.45, 2.75) is 13.8 Å². The Labute approximate surface area is 158 Å². The lowest BCUT2D eigenvalue weighted by Gasteiger charge is -2.08. The number of aryl methyl sites for hydroxylation is 1. The zero-order chi connectivity index (χ0) is 19.0. The number of rotatable bonds is 4. The Hall–Kier alpha value is -3.13. The number of nitrogens with one attached hydrogen (secondary N) is 1. The van der Waals surface area contributed by atoms with E-state index in [0.717, 1.165) is 33.8 Å². The number of carbonyl (C=O) groups is 2. The van der Waals surface area contributed by atoms with Gasteiger partial charge in [0.15, 0.2) is 0 Å². The molecule has 2 amide bonds. The Morgan fingerprint density at radius 2 is 2.11 bits per heavy atom. The topological polar surface area (TPSA) is 94.3 Å². The standard InChI is InChI=1S/C19H15N3O4S/c1-3-25-18-10(2)4-11(8-21-18)14-9-20-7-12-5-13(26-16(12)14)6-15-17(23)22-19(24)27-15/h4-9H,3H2,1-2H3,(H,22,23,24)/b15-6+. The lowest BCUT2D eigenvalue weighted by atomic mass is 10.1. The lowest BCUT2D eigenvalue weighted by Crippen LogP contribution is -2.17. The van der Waals surface area contributed by atoms with Crippen LogP contribution in [-0.4, -0.2) is 27.7 Å². The first-order chi connectivity index (χ1) is 13.0. The van der Waals surface area contributed by atoms with Crippen LogP contribution in [0.1, 0.15) is 18.2 Å². The normalized spacial score (nSPS) is 15.6.